The summed E-state index contributed by atoms with van der Waals surface area (Å²) in [6, 6.07) is 8.42. The maximum atomic E-state index is 5.27. The summed E-state index contributed by atoms with van der Waals surface area (Å²) in [5, 5.41) is 3.22. The fourth-order valence-electron chi connectivity index (χ4n) is 2.06. The van der Waals surface area contributed by atoms with Gasteiger partial charge in [0, 0.05) is 0 Å². The normalized spacial score (nSPS) is 12.8. The Hall–Kier alpha value is -1.02. The molecule has 16 heavy (non-hydrogen) atoms. The number of benzene rings is 1. The molecule has 90 valence electrons. The molecule has 0 fully saturated rings. The molecule has 1 aromatic rings. The lowest BCUT2D eigenvalue weighted by molar-refractivity contribution is 0.410. The Morgan fingerprint density at radius 1 is 1.31 bits per heavy atom. The highest BCUT2D eigenvalue weighted by atomic mass is 16.5. The number of methoxy groups -OCH3 is 1. The number of hydrogen-bond donors (Lipinski definition) is 1. The van der Waals surface area contributed by atoms with Crippen molar-refractivity contribution in [3.63, 3.8) is 0 Å². The smallest absolute Gasteiger partial charge is 0.119 e. The fourth-order valence-corrected chi connectivity index (χ4v) is 2.06. The van der Waals surface area contributed by atoms with Crippen molar-refractivity contribution in [3.05, 3.63) is 29.8 Å². The zero-order valence-electron chi connectivity index (χ0n) is 10.8. The van der Waals surface area contributed by atoms with Gasteiger partial charge in [0.25, 0.3) is 0 Å². The number of rotatable bonds is 6. The second-order valence-electron chi connectivity index (χ2n) is 4.52. The van der Waals surface area contributed by atoms with Gasteiger partial charge in [-0.25, -0.2) is 0 Å². The summed E-state index contributed by atoms with van der Waals surface area (Å²) >= 11 is 0. The largest absolute Gasteiger partial charge is 0.497 e. The van der Waals surface area contributed by atoms with Crippen LogP contribution in [0.15, 0.2) is 24.3 Å². The predicted molar refractivity (Wildman–Crippen MR) is 69.1 cm³/mol. The van der Waals surface area contributed by atoms with E-state index < -0.39 is 0 Å². The van der Waals surface area contributed by atoms with Crippen molar-refractivity contribution in [1.29, 1.82) is 0 Å². The first kappa shape index (κ1) is 13.0. The molecular weight excluding hydrogens is 198 g/mol. The highest BCUT2D eigenvalue weighted by Crippen LogP contribution is 2.29. The Bertz CT molecular complexity index is 309. The monoisotopic (exact) mass is 221 g/mol. The molecule has 0 aliphatic rings. The standard InChI is InChI=1S/C14H23NO/c1-11(2)14(8-9-15-3)12-6-5-7-13(10-12)16-4/h5-7,10-11,14-15H,8-9H2,1-4H3. The molecular formula is C14H23NO. The van der Waals surface area contributed by atoms with Gasteiger partial charge in [0.1, 0.15) is 5.75 Å². The molecule has 1 N–H and O–H groups in total. The minimum absolute atomic E-state index is 0.600. The molecule has 0 aliphatic carbocycles. The van der Waals surface area contributed by atoms with Gasteiger partial charge in [0.05, 0.1) is 7.11 Å². The summed E-state index contributed by atoms with van der Waals surface area (Å²) in [5.41, 5.74) is 1.38. The molecule has 2 heteroatoms. The zero-order valence-corrected chi connectivity index (χ0v) is 10.8. The lowest BCUT2D eigenvalue weighted by Crippen LogP contribution is -2.15. The molecule has 2 nitrogen and oxygen atoms in total. The highest BCUT2D eigenvalue weighted by molar-refractivity contribution is 5.31. The summed E-state index contributed by atoms with van der Waals surface area (Å²) in [6.07, 6.45) is 1.17. The Morgan fingerprint density at radius 2 is 2.06 bits per heavy atom. The van der Waals surface area contributed by atoms with Crippen molar-refractivity contribution in [3.8, 4) is 5.75 Å². The summed E-state index contributed by atoms with van der Waals surface area (Å²) in [7, 11) is 3.72. The van der Waals surface area contributed by atoms with Crippen molar-refractivity contribution in [1.82, 2.24) is 5.32 Å². The van der Waals surface area contributed by atoms with Crippen LogP contribution in [0.2, 0.25) is 0 Å². The molecule has 0 spiro atoms. The van der Waals surface area contributed by atoms with Crippen molar-refractivity contribution >= 4 is 0 Å². The molecule has 0 amide bonds. The molecule has 0 aliphatic heterocycles. The van der Waals surface area contributed by atoms with Gasteiger partial charge in [-0.05, 0) is 49.5 Å². The van der Waals surface area contributed by atoms with E-state index >= 15 is 0 Å². The summed E-state index contributed by atoms with van der Waals surface area (Å²) < 4.78 is 5.27. The van der Waals surface area contributed by atoms with E-state index in [9.17, 15) is 0 Å². The zero-order chi connectivity index (χ0) is 12.0. The average molecular weight is 221 g/mol. The molecule has 0 radical (unpaired) electrons. The van der Waals surface area contributed by atoms with E-state index in [2.05, 4.69) is 37.4 Å². The third-order valence-electron chi connectivity index (χ3n) is 3.03. The van der Waals surface area contributed by atoms with Crippen LogP contribution in [-0.2, 0) is 0 Å². The van der Waals surface area contributed by atoms with Gasteiger partial charge in [0.15, 0.2) is 0 Å². The lowest BCUT2D eigenvalue weighted by Gasteiger charge is -2.21. The molecule has 0 bridgehead atoms. The molecule has 0 aromatic heterocycles. The first-order chi connectivity index (χ1) is 7.69. The van der Waals surface area contributed by atoms with E-state index in [1.54, 1.807) is 7.11 Å². The first-order valence-electron chi connectivity index (χ1n) is 5.97. The van der Waals surface area contributed by atoms with Crippen LogP contribution in [0, 0.1) is 5.92 Å². The van der Waals surface area contributed by atoms with E-state index in [-0.39, 0.29) is 0 Å². The Morgan fingerprint density at radius 3 is 2.62 bits per heavy atom. The van der Waals surface area contributed by atoms with Crippen molar-refractivity contribution in [2.75, 3.05) is 20.7 Å². The maximum absolute atomic E-state index is 5.27. The van der Waals surface area contributed by atoms with Crippen LogP contribution in [-0.4, -0.2) is 20.7 Å². The van der Waals surface area contributed by atoms with Crippen molar-refractivity contribution in [2.24, 2.45) is 5.92 Å². The Labute approximate surface area is 99.0 Å². The van der Waals surface area contributed by atoms with Gasteiger partial charge in [-0.15, -0.1) is 0 Å². The maximum Gasteiger partial charge on any atom is 0.119 e. The number of hydrogen-bond acceptors (Lipinski definition) is 2. The van der Waals surface area contributed by atoms with Gasteiger partial charge in [-0.1, -0.05) is 26.0 Å². The average Bonchev–Trinajstić information content (AvgIpc) is 2.29. The Balaban J connectivity index is 2.82. The van der Waals surface area contributed by atoms with Gasteiger partial charge >= 0.3 is 0 Å². The summed E-state index contributed by atoms with van der Waals surface area (Å²) in [4.78, 5) is 0. The summed E-state index contributed by atoms with van der Waals surface area (Å²) in [5.74, 6) is 2.20. The van der Waals surface area contributed by atoms with Gasteiger partial charge in [-0.2, -0.15) is 0 Å². The van der Waals surface area contributed by atoms with Crippen LogP contribution >= 0.6 is 0 Å². The molecule has 0 heterocycles. The first-order valence-corrected chi connectivity index (χ1v) is 5.97. The molecule has 1 rings (SSSR count). The van der Waals surface area contributed by atoms with E-state index in [1.165, 1.54) is 12.0 Å². The van der Waals surface area contributed by atoms with E-state index in [1.807, 2.05) is 13.1 Å². The summed E-state index contributed by atoms with van der Waals surface area (Å²) in [6.45, 7) is 5.61. The van der Waals surface area contributed by atoms with Crippen LogP contribution in [0.5, 0.6) is 5.75 Å². The molecule has 1 unspecified atom stereocenters. The van der Waals surface area contributed by atoms with E-state index in [0.717, 1.165) is 12.3 Å². The van der Waals surface area contributed by atoms with Crippen molar-refractivity contribution < 1.29 is 4.74 Å². The Kier molecular flexibility index (Phi) is 5.33. The third kappa shape index (κ3) is 3.53. The van der Waals surface area contributed by atoms with Crippen LogP contribution in [0.25, 0.3) is 0 Å². The quantitative estimate of drug-likeness (QED) is 0.797. The van der Waals surface area contributed by atoms with Gasteiger partial charge in [-0.3, -0.25) is 0 Å². The minimum Gasteiger partial charge on any atom is -0.497 e. The minimum atomic E-state index is 0.600. The third-order valence-corrected chi connectivity index (χ3v) is 3.03. The SMILES string of the molecule is CNCCC(c1cccc(OC)c1)C(C)C. The van der Waals surface area contributed by atoms with Crippen LogP contribution in [0.4, 0.5) is 0 Å². The van der Waals surface area contributed by atoms with E-state index in [4.69, 9.17) is 4.74 Å². The molecule has 0 saturated heterocycles. The second-order valence-corrected chi connectivity index (χ2v) is 4.52. The van der Waals surface area contributed by atoms with Crippen LogP contribution in [0.3, 0.4) is 0 Å². The highest BCUT2D eigenvalue weighted by Gasteiger charge is 2.15. The molecule has 1 aromatic carbocycles. The van der Waals surface area contributed by atoms with Gasteiger partial charge in [0.2, 0.25) is 0 Å². The number of nitrogens with one attached hydrogen (secondary N) is 1. The van der Waals surface area contributed by atoms with E-state index in [0.29, 0.717) is 11.8 Å². The number of ether oxygens (including phenoxy) is 1. The molecule has 0 saturated carbocycles. The topological polar surface area (TPSA) is 21.3 Å². The van der Waals surface area contributed by atoms with Crippen molar-refractivity contribution in [2.45, 2.75) is 26.2 Å². The van der Waals surface area contributed by atoms with Crippen LogP contribution in [0.1, 0.15) is 31.7 Å². The second kappa shape index (κ2) is 6.54. The van der Waals surface area contributed by atoms with Crippen LogP contribution < -0.4 is 10.1 Å². The van der Waals surface area contributed by atoms with Gasteiger partial charge < -0.3 is 10.1 Å². The predicted octanol–water partition coefficient (Wildman–Crippen LogP) is 3.04. The lowest BCUT2D eigenvalue weighted by atomic mass is 9.86. The fraction of sp³-hybridized carbons (Fsp3) is 0.571. The molecule has 1 atom stereocenters.